The van der Waals surface area contributed by atoms with Crippen LogP contribution in [-0.2, 0) is 0 Å². The Bertz CT molecular complexity index is 319. The summed E-state index contributed by atoms with van der Waals surface area (Å²) in [5.41, 5.74) is 0. The highest BCUT2D eigenvalue weighted by molar-refractivity contribution is 5.09. The van der Waals surface area contributed by atoms with Gasteiger partial charge in [0.25, 0.3) is 0 Å². The molecule has 64 valence electrons. The summed E-state index contributed by atoms with van der Waals surface area (Å²) < 4.78 is 0.683. The van der Waals surface area contributed by atoms with Crippen molar-refractivity contribution in [3.05, 3.63) is 27.0 Å². The summed E-state index contributed by atoms with van der Waals surface area (Å²) in [5, 5.41) is 11.3. The molecule has 8 nitrogen and oxygen atoms in total. The zero-order chi connectivity index (χ0) is 9.14. The molecule has 0 aliphatic carbocycles. The van der Waals surface area contributed by atoms with Crippen molar-refractivity contribution in [3.8, 4) is 5.88 Å². The minimum Gasteiger partial charge on any atom is -0.254 e. The van der Waals surface area contributed by atoms with Gasteiger partial charge >= 0.3 is 5.09 Å². The Hall–Kier alpha value is -1.99. The van der Waals surface area contributed by atoms with Gasteiger partial charge in [-0.05, 0) is 6.92 Å². The number of nitrogens with zero attached hydrogens (tertiary/aromatic N) is 4. The minimum atomic E-state index is -1.04. The van der Waals surface area contributed by atoms with E-state index in [0.717, 1.165) is 6.20 Å². The van der Waals surface area contributed by atoms with E-state index in [1.165, 1.54) is 6.92 Å². The number of imidazole rings is 1. The molecule has 0 aliphatic rings. The van der Waals surface area contributed by atoms with Crippen molar-refractivity contribution in [3.63, 3.8) is 0 Å². The van der Waals surface area contributed by atoms with E-state index in [9.17, 15) is 15.0 Å². The van der Waals surface area contributed by atoms with E-state index in [1.54, 1.807) is 0 Å². The van der Waals surface area contributed by atoms with Gasteiger partial charge in [0.1, 0.15) is 5.82 Å². The van der Waals surface area contributed by atoms with Crippen LogP contribution >= 0.6 is 0 Å². The number of aryl methyl sites for hydroxylation is 1. The number of hydrogen-bond acceptors (Lipinski definition) is 6. The zero-order valence-electron chi connectivity index (χ0n) is 6.00. The number of rotatable bonds is 3. The zero-order valence-corrected chi connectivity index (χ0v) is 6.00. The molecule has 0 aromatic carbocycles. The molecular weight excluding hydrogens is 168 g/mol. The van der Waals surface area contributed by atoms with Crippen molar-refractivity contribution >= 4 is 0 Å². The average molecular weight is 172 g/mol. The van der Waals surface area contributed by atoms with E-state index >= 15 is 0 Å². The molecule has 0 amide bonds. The van der Waals surface area contributed by atoms with Crippen molar-refractivity contribution in [1.82, 2.24) is 9.66 Å². The molecule has 0 unspecified atom stereocenters. The van der Waals surface area contributed by atoms with E-state index in [0.29, 0.717) is 4.68 Å². The van der Waals surface area contributed by atoms with Crippen LogP contribution in [0.25, 0.3) is 0 Å². The molecule has 0 aliphatic heterocycles. The first kappa shape index (κ1) is 8.11. The maximum atomic E-state index is 10.1. The summed E-state index contributed by atoms with van der Waals surface area (Å²) in [6, 6.07) is 0. The third-order valence-corrected chi connectivity index (χ3v) is 1.13. The Kier molecular flexibility index (Phi) is 1.99. The summed E-state index contributed by atoms with van der Waals surface area (Å²) in [7, 11) is 0. The van der Waals surface area contributed by atoms with E-state index < -0.39 is 5.09 Å². The molecule has 1 aromatic rings. The number of hydrogen-bond donors (Lipinski definition) is 0. The molecule has 0 atom stereocenters. The second-order valence-corrected chi connectivity index (χ2v) is 1.85. The minimum absolute atomic E-state index is 0.224. The van der Waals surface area contributed by atoms with Crippen LogP contribution in [0.4, 0.5) is 0 Å². The van der Waals surface area contributed by atoms with Crippen molar-refractivity contribution in [2.45, 2.75) is 6.92 Å². The van der Waals surface area contributed by atoms with Crippen molar-refractivity contribution < 1.29 is 9.92 Å². The number of aromatic nitrogens is 2. The van der Waals surface area contributed by atoms with Gasteiger partial charge in [0, 0.05) is 0 Å². The maximum absolute atomic E-state index is 10.1. The van der Waals surface area contributed by atoms with Crippen LogP contribution in [0.5, 0.6) is 5.88 Å². The van der Waals surface area contributed by atoms with Gasteiger partial charge in [-0.1, -0.05) is 0 Å². The molecule has 1 aromatic heterocycles. The lowest BCUT2D eigenvalue weighted by Crippen LogP contribution is -2.06. The quantitative estimate of drug-likeness (QED) is 0.370. The highest BCUT2D eigenvalue weighted by atomic mass is 17.0. The first-order valence-electron chi connectivity index (χ1n) is 2.85. The summed E-state index contributed by atoms with van der Waals surface area (Å²) in [5.74, 6) is -0.0886. The predicted octanol–water partition coefficient (Wildman–Crippen LogP) is 0.292. The molecule has 0 N–H and O–H groups in total. The monoisotopic (exact) mass is 172 g/mol. The van der Waals surface area contributed by atoms with Gasteiger partial charge in [-0.25, -0.2) is 4.98 Å². The second kappa shape index (κ2) is 2.95. The molecule has 1 heterocycles. The Labute approximate surface area is 65.8 Å². The molecule has 0 bridgehead atoms. The first-order chi connectivity index (χ1) is 5.65. The van der Waals surface area contributed by atoms with Crippen LogP contribution < -0.4 is 4.84 Å². The lowest BCUT2D eigenvalue weighted by molar-refractivity contribution is -0.712. The average Bonchev–Trinajstić information content (AvgIpc) is 2.30. The molecule has 0 saturated carbocycles. The lowest BCUT2D eigenvalue weighted by atomic mass is 10.7. The SMILES string of the molecule is Cc1ncc(O[N+](=O)[O-])n1N=O. The Morgan fingerprint density at radius 3 is 3.00 bits per heavy atom. The summed E-state index contributed by atoms with van der Waals surface area (Å²) >= 11 is 0. The fourth-order valence-corrected chi connectivity index (χ4v) is 0.655. The molecule has 0 radical (unpaired) electrons. The van der Waals surface area contributed by atoms with Crippen LogP contribution in [-0.4, -0.2) is 14.7 Å². The smallest absolute Gasteiger partial charge is 0.254 e. The Balaban J connectivity index is 2.99. The molecule has 0 fully saturated rings. The predicted molar refractivity (Wildman–Crippen MR) is 35.8 cm³/mol. The van der Waals surface area contributed by atoms with E-state index in [-0.39, 0.29) is 11.7 Å². The maximum Gasteiger partial charge on any atom is 0.301 e. The van der Waals surface area contributed by atoms with E-state index in [4.69, 9.17) is 0 Å². The fraction of sp³-hybridized carbons (Fsp3) is 0.250. The van der Waals surface area contributed by atoms with Crippen LogP contribution in [0.15, 0.2) is 11.5 Å². The Morgan fingerprint density at radius 2 is 2.50 bits per heavy atom. The largest absolute Gasteiger partial charge is 0.301 e. The standard InChI is InChI=1S/C4H4N4O4/c1-3-5-2-4(7(3)6-9)12-8(10)11/h2H,1H3. The van der Waals surface area contributed by atoms with Gasteiger partial charge in [-0.15, -0.1) is 15.0 Å². The highest BCUT2D eigenvalue weighted by Gasteiger charge is 2.10. The van der Waals surface area contributed by atoms with Gasteiger partial charge in [-0.3, -0.25) is 4.84 Å². The summed E-state index contributed by atoms with van der Waals surface area (Å²) in [6.45, 7) is 1.47. The third kappa shape index (κ3) is 1.36. The normalized spacial score (nSPS) is 9.42. The van der Waals surface area contributed by atoms with Crippen molar-refractivity contribution in [2.75, 3.05) is 0 Å². The molecular formula is C4H4N4O4. The second-order valence-electron chi connectivity index (χ2n) is 1.85. The van der Waals surface area contributed by atoms with Crippen LogP contribution in [0.1, 0.15) is 5.82 Å². The molecule has 0 spiro atoms. The lowest BCUT2D eigenvalue weighted by Gasteiger charge is -1.95. The molecule has 12 heavy (non-hydrogen) atoms. The van der Waals surface area contributed by atoms with Crippen LogP contribution in [0, 0.1) is 21.9 Å². The summed E-state index contributed by atoms with van der Waals surface area (Å²) in [6.07, 6.45) is 1.04. The van der Waals surface area contributed by atoms with Crippen LogP contribution in [0.2, 0.25) is 0 Å². The van der Waals surface area contributed by atoms with Crippen LogP contribution in [0.3, 0.4) is 0 Å². The molecule has 0 saturated heterocycles. The van der Waals surface area contributed by atoms with Gasteiger partial charge in [0.15, 0.2) is 0 Å². The van der Waals surface area contributed by atoms with Crippen molar-refractivity contribution in [2.24, 2.45) is 5.29 Å². The summed E-state index contributed by atoms with van der Waals surface area (Å²) in [4.78, 5) is 27.5. The fourth-order valence-electron chi connectivity index (χ4n) is 0.655. The van der Waals surface area contributed by atoms with Gasteiger partial charge in [0.05, 0.1) is 11.5 Å². The topological polar surface area (TPSA) is 99.6 Å². The van der Waals surface area contributed by atoms with Gasteiger partial charge in [-0.2, -0.15) is 4.68 Å². The van der Waals surface area contributed by atoms with Gasteiger partial charge < -0.3 is 0 Å². The third-order valence-electron chi connectivity index (χ3n) is 1.13. The molecule has 1 rings (SSSR count). The van der Waals surface area contributed by atoms with E-state index in [1.807, 2.05) is 0 Å². The van der Waals surface area contributed by atoms with Gasteiger partial charge in [0.2, 0.25) is 5.88 Å². The highest BCUT2D eigenvalue weighted by Crippen LogP contribution is 2.12. The first-order valence-corrected chi connectivity index (χ1v) is 2.85. The Morgan fingerprint density at radius 1 is 1.83 bits per heavy atom. The number of nitroso groups, excluding NO2 is 1. The van der Waals surface area contributed by atoms with Crippen molar-refractivity contribution in [1.29, 1.82) is 0 Å². The van der Waals surface area contributed by atoms with E-state index in [2.05, 4.69) is 15.1 Å². The molecule has 8 heteroatoms.